The van der Waals surface area contributed by atoms with Gasteiger partial charge in [0.2, 0.25) is 0 Å². The van der Waals surface area contributed by atoms with Gasteiger partial charge in [-0.05, 0) is 51.8 Å². The van der Waals surface area contributed by atoms with E-state index in [-0.39, 0.29) is 5.56 Å². The summed E-state index contributed by atoms with van der Waals surface area (Å²) < 4.78 is 1.79. The Hall–Kier alpha value is -1.29. The molecular weight excluding hydrogens is 250 g/mol. The number of nitrogens with zero attached hydrogens (tertiary/aromatic N) is 2. The summed E-state index contributed by atoms with van der Waals surface area (Å²) >= 11 is 0. The summed E-state index contributed by atoms with van der Waals surface area (Å²) in [5, 5.41) is 3.57. The van der Waals surface area contributed by atoms with Gasteiger partial charge in [0.15, 0.2) is 0 Å². The van der Waals surface area contributed by atoms with Crippen molar-refractivity contribution in [2.75, 3.05) is 25.5 Å². The fraction of sp³-hybridized carbons (Fsp3) is 0.688. The molecule has 0 amide bonds. The number of aromatic nitrogens is 1. The molecule has 1 aromatic heterocycles. The minimum atomic E-state index is 0.0856. The molecule has 4 heteroatoms. The van der Waals surface area contributed by atoms with Crippen LogP contribution in [0.15, 0.2) is 23.1 Å². The largest absolute Gasteiger partial charge is 0.381 e. The summed E-state index contributed by atoms with van der Waals surface area (Å²) in [7, 11) is 2.19. The Labute approximate surface area is 121 Å². The molecule has 1 aromatic rings. The van der Waals surface area contributed by atoms with Gasteiger partial charge in [-0.25, -0.2) is 0 Å². The van der Waals surface area contributed by atoms with Gasteiger partial charge in [-0.15, -0.1) is 0 Å². The number of aryl methyl sites for hydroxylation is 1. The van der Waals surface area contributed by atoms with E-state index >= 15 is 0 Å². The highest BCUT2D eigenvalue weighted by Gasteiger charge is 2.22. The summed E-state index contributed by atoms with van der Waals surface area (Å²) in [5.41, 5.74) is 1.14. The zero-order chi connectivity index (χ0) is 14.5. The lowest BCUT2D eigenvalue weighted by Gasteiger charge is -2.34. The maximum atomic E-state index is 11.7. The Kier molecular flexibility index (Phi) is 5.24. The van der Waals surface area contributed by atoms with Crippen molar-refractivity contribution >= 4 is 5.69 Å². The van der Waals surface area contributed by atoms with Crippen LogP contribution in [0.1, 0.15) is 33.1 Å². The molecule has 1 fully saturated rings. The van der Waals surface area contributed by atoms with E-state index in [1.807, 2.05) is 12.3 Å². The molecule has 0 aliphatic carbocycles. The average Bonchev–Trinajstić information content (AvgIpc) is 2.43. The van der Waals surface area contributed by atoms with E-state index in [4.69, 9.17) is 0 Å². The molecule has 1 N–H and O–H groups in total. The van der Waals surface area contributed by atoms with Gasteiger partial charge in [0.05, 0.1) is 5.69 Å². The number of anilines is 1. The Bertz CT molecular complexity index is 483. The first kappa shape index (κ1) is 15.1. The Morgan fingerprint density at radius 1 is 1.45 bits per heavy atom. The van der Waals surface area contributed by atoms with E-state index in [9.17, 15) is 4.79 Å². The molecule has 0 saturated carbocycles. The van der Waals surface area contributed by atoms with Gasteiger partial charge >= 0.3 is 0 Å². The summed E-state index contributed by atoms with van der Waals surface area (Å²) in [6, 6.07) is 4.00. The van der Waals surface area contributed by atoms with Crippen molar-refractivity contribution in [1.82, 2.24) is 9.47 Å². The van der Waals surface area contributed by atoms with E-state index < -0.39 is 0 Å². The minimum Gasteiger partial charge on any atom is -0.381 e. The second-order valence-electron chi connectivity index (χ2n) is 6.05. The van der Waals surface area contributed by atoms with Crippen molar-refractivity contribution in [2.24, 2.45) is 5.92 Å². The van der Waals surface area contributed by atoms with Crippen molar-refractivity contribution in [1.29, 1.82) is 0 Å². The molecule has 0 spiro atoms. The van der Waals surface area contributed by atoms with Crippen LogP contribution in [0.4, 0.5) is 5.69 Å². The molecule has 2 heterocycles. The molecule has 0 radical (unpaired) electrons. The predicted molar refractivity (Wildman–Crippen MR) is 84.3 cm³/mol. The third kappa shape index (κ3) is 3.85. The summed E-state index contributed by atoms with van der Waals surface area (Å²) in [4.78, 5) is 14.1. The van der Waals surface area contributed by atoms with Crippen molar-refractivity contribution in [3.8, 4) is 0 Å². The molecule has 4 nitrogen and oxygen atoms in total. The highest BCUT2D eigenvalue weighted by molar-refractivity contribution is 5.41. The van der Waals surface area contributed by atoms with Gasteiger partial charge in [-0.1, -0.05) is 6.92 Å². The molecule has 1 aliphatic heterocycles. The van der Waals surface area contributed by atoms with E-state index in [2.05, 4.69) is 31.1 Å². The van der Waals surface area contributed by atoms with Crippen LogP contribution in [-0.2, 0) is 6.54 Å². The van der Waals surface area contributed by atoms with E-state index in [1.165, 1.54) is 19.4 Å². The Balaban J connectivity index is 2.01. The van der Waals surface area contributed by atoms with E-state index in [0.717, 1.165) is 25.2 Å². The third-order valence-corrected chi connectivity index (χ3v) is 4.21. The first-order valence-electron chi connectivity index (χ1n) is 7.75. The van der Waals surface area contributed by atoms with Gasteiger partial charge in [0.25, 0.3) is 5.56 Å². The molecule has 2 rings (SSSR count). The van der Waals surface area contributed by atoms with Crippen LogP contribution in [0.2, 0.25) is 0 Å². The molecule has 1 aliphatic rings. The number of piperidine rings is 1. The van der Waals surface area contributed by atoms with Gasteiger partial charge < -0.3 is 14.8 Å². The van der Waals surface area contributed by atoms with Crippen LogP contribution in [-0.4, -0.2) is 35.6 Å². The van der Waals surface area contributed by atoms with Gasteiger partial charge in [0.1, 0.15) is 0 Å². The van der Waals surface area contributed by atoms with Crippen LogP contribution in [0.25, 0.3) is 0 Å². The van der Waals surface area contributed by atoms with E-state index in [0.29, 0.717) is 12.0 Å². The van der Waals surface area contributed by atoms with Crippen LogP contribution in [0.3, 0.4) is 0 Å². The summed E-state index contributed by atoms with van der Waals surface area (Å²) in [6.45, 7) is 7.49. The average molecular weight is 277 g/mol. The summed E-state index contributed by atoms with van der Waals surface area (Å²) in [5.74, 6) is 0.681. The fourth-order valence-electron chi connectivity index (χ4n) is 3.03. The Morgan fingerprint density at radius 2 is 2.25 bits per heavy atom. The first-order chi connectivity index (χ1) is 9.60. The highest BCUT2D eigenvalue weighted by atomic mass is 16.1. The second kappa shape index (κ2) is 6.93. The molecule has 1 saturated heterocycles. The van der Waals surface area contributed by atoms with Gasteiger partial charge in [0, 0.05) is 31.4 Å². The Morgan fingerprint density at radius 3 is 2.95 bits per heavy atom. The van der Waals surface area contributed by atoms with Crippen molar-refractivity contribution in [3.05, 3.63) is 28.7 Å². The molecular formula is C16H27N3O. The van der Waals surface area contributed by atoms with Gasteiger partial charge in [-0.2, -0.15) is 0 Å². The van der Waals surface area contributed by atoms with Crippen LogP contribution >= 0.6 is 0 Å². The first-order valence-corrected chi connectivity index (χ1v) is 7.75. The number of likely N-dealkylation sites (tertiary alicyclic amines) is 1. The van der Waals surface area contributed by atoms with Crippen LogP contribution in [0.5, 0.6) is 0 Å². The van der Waals surface area contributed by atoms with E-state index in [1.54, 1.807) is 10.6 Å². The number of hydrogen-bond acceptors (Lipinski definition) is 3. The maximum Gasteiger partial charge on any atom is 0.250 e. The lowest BCUT2D eigenvalue weighted by atomic mass is 9.92. The monoisotopic (exact) mass is 277 g/mol. The normalized spacial score (nSPS) is 21.6. The number of rotatable bonds is 5. The summed E-state index contributed by atoms with van der Waals surface area (Å²) in [6.07, 6.45) is 5.50. The van der Waals surface area contributed by atoms with Gasteiger partial charge in [-0.3, -0.25) is 4.79 Å². The van der Waals surface area contributed by atoms with Crippen molar-refractivity contribution < 1.29 is 0 Å². The maximum absolute atomic E-state index is 11.7. The molecule has 2 atom stereocenters. The lowest BCUT2D eigenvalue weighted by molar-refractivity contribution is 0.197. The number of hydrogen-bond donors (Lipinski definition) is 1. The number of nitrogens with one attached hydrogen (secondary N) is 1. The van der Waals surface area contributed by atoms with Crippen molar-refractivity contribution in [2.45, 2.75) is 45.7 Å². The standard InChI is InChI=1S/C16H27N3O/c1-4-9-19-12-15(7-8-16(19)20)17-13(2)14-6-5-10-18(3)11-14/h7-8,12-14,17H,4-6,9-11H2,1-3H3. The molecule has 112 valence electrons. The van der Waals surface area contributed by atoms with Crippen LogP contribution in [0, 0.1) is 5.92 Å². The molecule has 0 bridgehead atoms. The highest BCUT2D eigenvalue weighted by Crippen LogP contribution is 2.21. The number of pyridine rings is 1. The van der Waals surface area contributed by atoms with Crippen molar-refractivity contribution in [3.63, 3.8) is 0 Å². The minimum absolute atomic E-state index is 0.0856. The molecule has 0 aromatic carbocycles. The molecule has 2 unspecified atom stereocenters. The predicted octanol–water partition coefficient (Wildman–Crippen LogP) is 2.40. The fourth-order valence-corrected chi connectivity index (χ4v) is 3.03. The lowest BCUT2D eigenvalue weighted by Crippen LogP contribution is -2.40. The van der Waals surface area contributed by atoms with Crippen LogP contribution < -0.4 is 10.9 Å². The second-order valence-corrected chi connectivity index (χ2v) is 6.05. The zero-order valence-electron chi connectivity index (χ0n) is 12.9. The topological polar surface area (TPSA) is 37.3 Å². The zero-order valence-corrected chi connectivity index (χ0v) is 12.9. The molecule has 20 heavy (non-hydrogen) atoms. The smallest absolute Gasteiger partial charge is 0.250 e. The third-order valence-electron chi connectivity index (χ3n) is 4.21. The quantitative estimate of drug-likeness (QED) is 0.898. The SMILES string of the molecule is CCCn1cc(NC(C)C2CCCN(C)C2)ccc1=O.